The molecule has 0 saturated heterocycles. The third kappa shape index (κ3) is 2.64. The van der Waals surface area contributed by atoms with Crippen LogP contribution in [0.4, 0.5) is 0 Å². The summed E-state index contributed by atoms with van der Waals surface area (Å²) in [4.78, 5) is 14.3. The Morgan fingerprint density at radius 3 is 2.83 bits per heavy atom. The van der Waals surface area contributed by atoms with Gasteiger partial charge in [0, 0.05) is 30.8 Å². The van der Waals surface area contributed by atoms with Crippen molar-refractivity contribution in [1.82, 2.24) is 4.90 Å². The molecule has 2 rings (SSSR count). The number of phenolic OH excluding ortho intramolecular Hbond substituents is 1. The van der Waals surface area contributed by atoms with Gasteiger partial charge in [-0.2, -0.15) is 0 Å². The Morgan fingerprint density at radius 1 is 1.50 bits per heavy atom. The highest BCUT2D eigenvalue weighted by molar-refractivity contribution is 5.96. The maximum Gasteiger partial charge on any atom is 0.254 e. The Balaban J connectivity index is 2.19. The second-order valence-electron chi connectivity index (χ2n) is 4.67. The van der Waals surface area contributed by atoms with Gasteiger partial charge in [0.15, 0.2) is 0 Å². The molecule has 0 aliphatic heterocycles. The molecule has 1 aromatic carbocycles. The molecule has 0 radical (unpaired) electrons. The van der Waals surface area contributed by atoms with Crippen LogP contribution >= 0.6 is 0 Å². The fraction of sp³-hybridized carbons (Fsp3) is 0.500. The van der Waals surface area contributed by atoms with Crippen molar-refractivity contribution < 1.29 is 14.6 Å². The first-order valence-electron chi connectivity index (χ1n) is 6.23. The summed E-state index contributed by atoms with van der Waals surface area (Å²) in [6.07, 6.45) is 2.13. The molecular weight excluding hydrogens is 230 g/mol. The van der Waals surface area contributed by atoms with Crippen LogP contribution in [-0.2, 0) is 4.74 Å². The second-order valence-corrected chi connectivity index (χ2v) is 4.67. The van der Waals surface area contributed by atoms with Crippen LogP contribution in [0.25, 0.3) is 0 Å². The first-order chi connectivity index (χ1) is 8.65. The average Bonchev–Trinajstić information content (AvgIpc) is 3.17. The van der Waals surface area contributed by atoms with Crippen LogP contribution in [0.15, 0.2) is 18.2 Å². The lowest BCUT2D eigenvalue weighted by Gasteiger charge is -2.23. The van der Waals surface area contributed by atoms with E-state index in [2.05, 4.69) is 0 Å². The first kappa shape index (κ1) is 12.9. The molecular formula is C14H19NO3. The van der Waals surface area contributed by atoms with E-state index in [1.807, 2.05) is 4.90 Å². The summed E-state index contributed by atoms with van der Waals surface area (Å²) in [5, 5.41) is 9.67. The lowest BCUT2D eigenvalue weighted by Crippen LogP contribution is -2.36. The number of nitrogens with zero attached hydrogens (tertiary/aromatic N) is 1. The van der Waals surface area contributed by atoms with Gasteiger partial charge in [-0.25, -0.2) is 0 Å². The summed E-state index contributed by atoms with van der Waals surface area (Å²) in [5.74, 6) is 0.159. The van der Waals surface area contributed by atoms with E-state index in [0.717, 1.165) is 12.8 Å². The predicted octanol–water partition coefficient (Wildman–Crippen LogP) is 1.95. The number of rotatable bonds is 5. The number of hydrogen-bond donors (Lipinski definition) is 1. The summed E-state index contributed by atoms with van der Waals surface area (Å²) in [5.41, 5.74) is 1.23. The van der Waals surface area contributed by atoms with Gasteiger partial charge in [-0.1, -0.05) is 6.07 Å². The van der Waals surface area contributed by atoms with Crippen molar-refractivity contribution in [3.63, 3.8) is 0 Å². The van der Waals surface area contributed by atoms with Crippen LogP contribution in [0.2, 0.25) is 0 Å². The molecule has 1 aromatic rings. The molecule has 98 valence electrons. The molecule has 1 fully saturated rings. The molecule has 1 aliphatic carbocycles. The van der Waals surface area contributed by atoms with Crippen molar-refractivity contribution in [2.24, 2.45) is 0 Å². The van der Waals surface area contributed by atoms with Gasteiger partial charge >= 0.3 is 0 Å². The third-order valence-corrected chi connectivity index (χ3v) is 3.32. The largest absolute Gasteiger partial charge is 0.508 e. The van der Waals surface area contributed by atoms with Gasteiger partial charge < -0.3 is 14.7 Å². The van der Waals surface area contributed by atoms with E-state index >= 15 is 0 Å². The zero-order valence-electron chi connectivity index (χ0n) is 10.8. The smallest absolute Gasteiger partial charge is 0.254 e. The molecule has 0 unspecified atom stereocenters. The normalized spacial score (nSPS) is 14.6. The van der Waals surface area contributed by atoms with Crippen LogP contribution < -0.4 is 0 Å². The second kappa shape index (κ2) is 5.40. The SMILES string of the molecule is COCCN(C(=O)c1cccc(O)c1C)C1CC1. The first-order valence-corrected chi connectivity index (χ1v) is 6.23. The summed E-state index contributed by atoms with van der Waals surface area (Å²) < 4.78 is 5.05. The molecule has 0 bridgehead atoms. The van der Waals surface area contributed by atoms with Crippen molar-refractivity contribution in [3.05, 3.63) is 29.3 Å². The standard InChI is InChI=1S/C14H19NO3/c1-10-12(4-3-5-13(10)16)14(17)15(8-9-18-2)11-6-7-11/h3-5,11,16H,6-9H2,1-2H3. The number of ether oxygens (including phenoxy) is 1. The zero-order chi connectivity index (χ0) is 13.1. The molecule has 1 saturated carbocycles. The predicted molar refractivity (Wildman–Crippen MR) is 68.8 cm³/mol. The van der Waals surface area contributed by atoms with Crippen LogP contribution in [-0.4, -0.2) is 42.2 Å². The van der Waals surface area contributed by atoms with Crippen molar-refractivity contribution in [3.8, 4) is 5.75 Å². The molecule has 0 spiro atoms. The van der Waals surface area contributed by atoms with Crippen molar-refractivity contribution in [2.45, 2.75) is 25.8 Å². The van der Waals surface area contributed by atoms with Gasteiger partial charge in [0.1, 0.15) is 5.75 Å². The minimum absolute atomic E-state index is 0.0112. The highest BCUT2D eigenvalue weighted by Crippen LogP contribution is 2.29. The molecule has 0 aromatic heterocycles. The minimum Gasteiger partial charge on any atom is -0.508 e. The van der Waals surface area contributed by atoms with Crippen LogP contribution in [0, 0.1) is 6.92 Å². The molecule has 1 amide bonds. The number of carbonyl (C=O) groups excluding carboxylic acids is 1. The summed E-state index contributed by atoms with van der Waals surface area (Å²) >= 11 is 0. The Hall–Kier alpha value is -1.55. The number of hydrogen-bond acceptors (Lipinski definition) is 3. The van der Waals surface area contributed by atoms with Gasteiger partial charge in [-0.15, -0.1) is 0 Å². The van der Waals surface area contributed by atoms with E-state index in [0.29, 0.717) is 30.3 Å². The monoisotopic (exact) mass is 249 g/mol. The number of benzene rings is 1. The van der Waals surface area contributed by atoms with E-state index in [-0.39, 0.29) is 11.7 Å². The van der Waals surface area contributed by atoms with Gasteiger partial charge in [0.05, 0.1) is 6.61 Å². The molecule has 1 aliphatic rings. The Morgan fingerprint density at radius 2 is 2.22 bits per heavy atom. The number of methoxy groups -OCH3 is 1. The van der Waals surface area contributed by atoms with E-state index in [9.17, 15) is 9.90 Å². The summed E-state index contributed by atoms with van der Waals surface area (Å²) in [6.45, 7) is 2.92. The zero-order valence-corrected chi connectivity index (χ0v) is 10.8. The quantitative estimate of drug-likeness (QED) is 0.867. The fourth-order valence-corrected chi connectivity index (χ4v) is 2.04. The number of phenols is 1. The molecule has 0 heterocycles. The maximum atomic E-state index is 12.5. The Bertz CT molecular complexity index is 441. The molecule has 0 atom stereocenters. The minimum atomic E-state index is -0.0112. The van der Waals surface area contributed by atoms with E-state index < -0.39 is 0 Å². The highest BCUT2D eigenvalue weighted by Gasteiger charge is 2.33. The molecule has 18 heavy (non-hydrogen) atoms. The number of aromatic hydroxyl groups is 1. The average molecular weight is 249 g/mol. The van der Waals surface area contributed by atoms with Gasteiger partial charge in [-0.3, -0.25) is 4.79 Å². The van der Waals surface area contributed by atoms with Crippen LogP contribution in [0.1, 0.15) is 28.8 Å². The maximum absolute atomic E-state index is 12.5. The van der Waals surface area contributed by atoms with Crippen LogP contribution in [0.3, 0.4) is 0 Å². The number of carbonyl (C=O) groups is 1. The van der Waals surface area contributed by atoms with Crippen molar-refractivity contribution in [1.29, 1.82) is 0 Å². The van der Waals surface area contributed by atoms with Crippen molar-refractivity contribution in [2.75, 3.05) is 20.3 Å². The van der Waals surface area contributed by atoms with Crippen LogP contribution in [0.5, 0.6) is 5.75 Å². The Labute approximate surface area is 107 Å². The molecule has 1 N–H and O–H groups in total. The fourth-order valence-electron chi connectivity index (χ4n) is 2.04. The topological polar surface area (TPSA) is 49.8 Å². The molecule has 4 heteroatoms. The van der Waals surface area contributed by atoms with E-state index in [4.69, 9.17) is 4.74 Å². The van der Waals surface area contributed by atoms with Crippen molar-refractivity contribution >= 4 is 5.91 Å². The summed E-state index contributed by atoms with van der Waals surface area (Å²) in [7, 11) is 1.63. The molecule has 4 nitrogen and oxygen atoms in total. The third-order valence-electron chi connectivity index (χ3n) is 3.32. The van der Waals surface area contributed by atoms with Gasteiger partial charge in [0.2, 0.25) is 0 Å². The highest BCUT2D eigenvalue weighted by atomic mass is 16.5. The van der Waals surface area contributed by atoms with Gasteiger partial charge in [0.25, 0.3) is 5.91 Å². The van der Waals surface area contributed by atoms with Gasteiger partial charge in [-0.05, 0) is 31.9 Å². The lowest BCUT2D eigenvalue weighted by molar-refractivity contribution is 0.0679. The number of amides is 1. The Kier molecular flexibility index (Phi) is 3.87. The van der Waals surface area contributed by atoms with E-state index in [1.54, 1.807) is 32.2 Å². The van der Waals surface area contributed by atoms with E-state index in [1.165, 1.54) is 0 Å². The lowest BCUT2D eigenvalue weighted by atomic mass is 10.1. The summed E-state index contributed by atoms with van der Waals surface area (Å²) in [6, 6.07) is 5.41.